The molecular weight excluding hydrogens is 276 g/mol. The van der Waals surface area contributed by atoms with Gasteiger partial charge in [0.15, 0.2) is 5.11 Å². The van der Waals surface area contributed by atoms with E-state index in [1.165, 1.54) is 0 Å². The third kappa shape index (κ3) is 4.50. The van der Waals surface area contributed by atoms with Crippen LogP contribution in [0.3, 0.4) is 0 Å². The van der Waals surface area contributed by atoms with Gasteiger partial charge in [-0.1, -0.05) is 69.3 Å². The van der Waals surface area contributed by atoms with Crippen molar-refractivity contribution in [1.29, 1.82) is 0 Å². The first-order valence-electron chi connectivity index (χ1n) is 6.97. The predicted octanol–water partition coefficient (Wildman–Crippen LogP) is 4.92. The molecule has 0 spiro atoms. The minimum Gasteiger partial charge on any atom is -0.331 e. The molecule has 1 N–H and O–H groups in total. The van der Waals surface area contributed by atoms with Crippen LogP contribution >= 0.6 is 12.2 Å². The maximum Gasteiger partial charge on any atom is 0.197 e. The molecule has 0 unspecified atom stereocenters. The first-order chi connectivity index (χ1) is 9.97. The summed E-state index contributed by atoms with van der Waals surface area (Å²) >= 11 is 5.38. The highest BCUT2D eigenvalue weighted by Gasteiger charge is 2.21. The zero-order chi connectivity index (χ0) is 15.3. The fourth-order valence-corrected chi connectivity index (χ4v) is 2.24. The molecule has 0 heterocycles. The maximum atomic E-state index is 5.38. The van der Waals surface area contributed by atoms with E-state index in [2.05, 4.69) is 43.2 Å². The van der Waals surface area contributed by atoms with Crippen molar-refractivity contribution in [2.45, 2.75) is 20.8 Å². The fraction of sp³-hybridized carbons (Fsp3) is 0.222. The molecule has 108 valence electrons. The Bertz CT molecular complexity index is 625. The van der Waals surface area contributed by atoms with Crippen LogP contribution < -0.4 is 5.32 Å². The van der Waals surface area contributed by atoms with Crippen molar-refractivity contribution in [3.8, 4) is 0 Å². The molecule has 0 fully saturated rings. The van der Waals surface area contributed by atoms with Crippen molar-refractivity contribution in [3.05, 3.63) is 66.2 Å². The Morgan fingerprint density at radius 1 is 0.905 bits per heavy atom. The Kier molecular flexibility index (Phi) is 4.86. The quantitative estimate of drug-likeness (QED) is 0.628. The Balaban J connectivity index is 2.27. The molecule has 0 atom stereocenters. The van der Waals surface area contributed by atoms with Crippen LogP contribution in [0.4, 0.5) is 5.69 Å². The van der Waals surface area contributed by atoms with Crippen LogP contribution in [-0.4, -0.2) is 10.8 Å². The summed E-state index contributed by atoms with van der Waals surface area (Å²) < 4.78 is 0. The standard InChI is InChI=1S/C18H20N2S/c1-18(2,3)16(14-10-6-4-7-11-14)20-17(21)19-15-12-8-5-9-13-15/h4-13H,1-3H3,(H,19,21)/b20-16+. The van der Waals surface area contributed by atoms with Gasteiger partial charge in [0, 0.05) is 11.1 Å². The molecule has 0 saturated heterocycles. The van der Waals surface area contributed by atoms with Crippen molar-refractivity contribution in [3.63, 3.8) is 0 Å². The number of hydrogen-bond acceptors (Lipinski definition) is 1. The molecule has 0 radical (unpaired) electrons. The van der Waals surface area contributed by atoms with Gasteiger partial charge >= 0.3 is 0 Å². The molecule has 21 heavy (non-hydrogen) atoms. The fourth-order valence-electron chi connectivity index (χ4n) is 2.04. The lowest BCUT2D eigenvalue weighted by molar-refractivity contribution is 0.593. The zero-order valence-corrected chi connectivity index (χ0v) is 13.4. The average Bonchev–Trinajstić information content (AvgIpc) is 2.45. The second-order valence-electron chi connectivity index (χ2n) is 5.87. The van der Waals surface area contributed by atoms with E-state index in [1.54, 1.807) is 0 Å². The summed E-state index contributed by atoms with van der Waals surface area (Å²) in [6.07, 6.45) is 0. The van der Waals surface area contributed by atoms with E-state index in [0.29, 0.717) is 5.11 Å². The summed E-state index contributed by atoms with van der Waals surface area (Å²) in [5, 5.41) is 3.64. The minimum absolute atomic E-state index is 0.0796. The van der Waals surface area contributed by atoms with E-state index in [0.717, 1.165) is 17.0 Å². The van der Waals surface area contributed by atoms with Crippen molar-refractivity contribution < 1.29 is 0 Å². The highest BCUT2D eigenvalue weighted by molar-refractivity contribution is 7.80. The van der Waals surface area contributed by atoms with Crippen molar-refractivity contribution in [2.24, 2.45) is 10.4 Å². The van der Waals surface area contributed by atoms with Crippen LogP contribution in [0.25, 0.3) is 0 Å². The second-order valence-corrected chi connectivity index (χ2v) is 6.26. The molecule has 2 rings (SSSR count). The van der Waals surface area contributed by atoms with Crippen LogP contribution in [0, 0.1) is 5.41 Å². The van der Waals surface area contributed by atoms with Gasteiger partial charge in [0.1, 0.15) is 0 Å². The van der Waals surface area contributed by atoms with Gasteiger partial charge in [0.05, 0.1) is 5.71 Å². The van der Waals surface area contributed by atoms with Crippen molar-refractivity contribution in [1.82, 2.24) is 0 Å². The molecule has 0 aliphatic heterocycles. The summed E-state index contributed by atoms with van der Waals surface area (Å²) in [5.74, 6) is 0. The molecular formula is C18H20N2S. The Hall–Kier alpha value is -2.00. The number of nitrogens with zero attached hydrogens (tertiary/aromatic N) is 1. The summed E-state index contributed by atoms with van der Waals surface area (Å²) in [6, 6.07) is 20.0. The maximum absolute atomic E-state index is 5.38. The lowest BCUT2D eigenvalue weighted by Crippen LogP contribution is -2.24. The third-order valence-corrected chi connectivity index (χ3v) is 3.19. The van der Waals surface area contributed by atoms with Crippen LogP contribution in [0.2, 0.25) is 0 Å². The molecule has 3 heteroatoms. The smallest absolute Gasteiger partial charge is 0.197 e. The normalized spacial score (nSPS) is 12.0. The molecule has 2 aromatic rings. The van der Waals surface area contributed by atoms with E-state index < -0.39 is 0 Å². The first-order valence-corrected chi connectivity index (χ1v) is 7.38. The zero-order valence-electron chi connectivity index (χ0n) is 12.6. The van der Waals surface area contributed by atoms with Crippen molar-refractivity contribution in [2.75, 3.05) is 5.32 Å². The number of nitrogens with one attached hydrogen (secondary N) is 1. The molecule has 0 aliphatic carbocycles. The number of rotatable bonds is 2. The van der Waals surface area contributed by atoms with Crippen molar-refractivity contribution >= 4 is 28.7 Å². The number of anilines is 1. The molecule has 2 aromatic carbocycles. The van der Waals surface area contributed by atoms with Crippen LogP contribution in [-0.2, 0) is 0 Å². The van der Waals surface area contributed by atoms with Gasteiger partial charge in [-0.15, -0.1) is 0 Å². The monoisotopic (exact) mass is 296 g/mol. The Morgan fingerprint density at radius 3 is 1.95 bits per heavy atom. The van der Waals surface area contributed by atoms with Gasteiger partial charge < -0.3 is 5.32 Å². The highest BCUT2D eigenvalue weighted by atomic mass is 32.1. The number of thiocarbonyl (C=S) groups is 1. The molecule has 2 nitrogen and oxygen atoms in total. The third-order valence-electron chi connectivity index (χ3n) is 3.00. The summed E-state index contributed by atoms with van der Waals surface area (Å²) in [7, 11) is 0. The Morgan fingerprint density at radius 2 is 1.43 bits per heavy atom. The first kappa shape index (κ1) is 15.4. The van der Waals surface area contributed by atoms with E-state index in [-0.39, 0.29) is 5.41 Å². The van der Waals surface area contributed by atoms with Gasteiger partial charge in [-0.05, 0) is 29.9 Å². The van der Waals surface area contributed by atoms with Crippen LogP contribution in [0.15, 0.2) is 65.7 Å². The number of benzene rings is 2. The topological polar surface area (TPSA) is 24.4 Å². The van der Waals surface area contributed by atoms with Gasteiger partial charge in [0.25, 0.3) is 0 Å². The van der Waals surface area contributed by atoms with Crippen LogP contribution in [0.5, 0.6) is 0 Å². The van der Waals surface area contributed by atoms with E-state index in [1.807, 2.05) is 48.5 Å². The number of para-hydroxylation sites is 1. The molecule has 0 bridgehead atoms. The number of hydrogen-bond donors (Lipinski definition) is 1. The SMILES string of the molecule is CC(C)(C)/C(=N/C(=S)Nc1ccccc1)c1ccccc1. The van der Waals surface area contributed by atoms with E-state index in [9.17, 15) is 0 Å². The highest BCUT2D eigenvalue weighted by Crippen LogP contribution is 2.22. The van der Waals surface area contributed by atoms with Gasteiger partial charge in [0.2, 0.25) is 0 Å². The van der Waals surface area contributed by atoms with Gasteiger partial charge in [-0.25, -0.2) is 4.99 Å². The predicted molar refractivity (Wildman–Crippen MR) is 95.1 cm³/mol. The van der Waals surface area contributed by atoms with Gasteiger partial charge in [-0.2, -0.15) is 0 Å². The molecule has 0 aliphatic rings. The van der Waals surface area contributed by atoms with E-state index >= 15 is 0 Å². The average molecular weight is 296 g/mol. The largest absolute Gasteiger partial charge is 0.331 e. The summed E-state index contributed by atoms with van der Waals surface area (Å²) in [6.45, 7) is 6.43. The summed E-state index contributed by atoms with van der Waals surface area (Å²) in [4.78, 5) is 4.65. The van der Waals surface area contributed by atoms with Crippen LogP contribution in [0.1, 0.15) is 26.3 Å². The second kappa shape index (κ2) is 6.64. The lowest BCUT2D eigenvalue weighted by atomic mass is 9.85. The minimum atomic E-state index is -0.0796. The van der Waals surface area contributed by atoms with Gasteiger partial charge in [-0.3, -0.25) is 0 Å². The summed E-state index contributed by atoms with van der Waals surface area (Å²) in [5.41, 5.74) is 2.95. The van der Waals surface area contributed by atoms with E-state index in [4.69, 9.17) is 12.2 Å². The molecule has 0 aromatic heterocycles. The molecule has 0 amide bonds. The molecule has 0 saturated carbocycles. The number of aliphatic imine (C=N–C) groups is 1. The lowest BCUT2D eigenvalue weighted by Gasteiger charge is -2.22. The Labute approximate surface area is 131 Å².